The highest BCUT2D eigenvalue weighted by atomic mass is 19.1. The highest BCUT2D eigenvalue weighted by Gasteiger charge is 2.49. The average molecular weight is 467 g/mol. The number of aromatic nitrogens is 2. The first kappa shape index (κ1) is 23.3. The van der Waals surface area contributed by atoms with Crippen molar-refractivity contribution in [3.63, 3.8) is 0 Å². The molecule has 0 aliphatic carbocycles. The maximum absolute atomic E-state index is 15.6. The van der Waals surface area contributed by atoms with Gasteiger partial charge in [-0.15, -0.1) is 0 Å². The van der Waals surface area contributed by atoms with E-state index in [1.165, 1.54) is 18.3 Å². The molecule has 3 aromatic rings. The minimum absolute atomic E-state index is 0.110. The van der Waals surface area contributed by atoms with E-state index in [1.807, 2.05) is 30.3 Å². The monoisotopic (exact) mass is 467 g/mol. The molecule has 1 aliphatic heterocycles. The molecule has 1 amide bonds. The SMILES string of the molecule is NC(=O)c1nccn([C@@H]2O[C@H](COCc3ccccc3)[C@H](OC(=O)c3ccccc3)[C@@H]2F)c1=O. The van der Waals surface area contributed by atoms with E-state index in [9.17, 15) is 14.4 Å². The highest BCUT2D eigenvalue weighted by Crippen LogP contribution is 2.34. The number of nitrogens with zero attached hydrogens (tertiary/aromatic N) is 2. The van der Waals surface area contributed by atoms with Gasteiger partial charge in [0.2, 0.25) is 0 Å². The van der Waals surface area contributed by atoms with Crippen LogP contribution in [0.5, 0.6) is 0 Å². The van der Waals surface area contributed by atoms with Crippen molar-refractivity contribution in [2.75, 3.05) is 6.61 Å². The smallest absolute Gasteiger partial charge is 0.338 e. The van der Waals surface area contributed by atoms with Crippen LogP contribution in [0.25, 0.3) is 0 Å². The van der Waals surface area contributed by atoms with Crippen LogP contribution in [0.2, 0.25) is 0 Å². The maximum atomic E-state index is 15.6. The summed E-state index contributed by atoms with van der Waals surface area (Å²) in [7, 11) is 0. The van der Waals surface area contributed by atoms with Gasteiger partial charge in [-0.25, -0.2) is 14.2 Å². The molecule has 0 saturated carbocycles. The number of halogens is 1. The Morgan fingerprint density at radius 1 is 1.09 bits per heavy atom. The number of nitrogens with two attached hydrogens (primary N) is 1. The number of carbonyl (C=O) groups excluding carboxylic acids is 2. The van der Waals surface area contributed by atoms with Crippen molar-refractivity contribution in [3.8, 4) is 0 Å². The zero-order chi connectivity index (χ0) is 24.1. The van der Waals surface area contributed by atoms with E-state index in [0.29, 0.717) is 0 Å². The van der Waals surface area contributed by atoms with E-state index >= 15 is 4.39 Å². The molecule has 1 saturated heterocycles. The lowest BCUT2D eigenvalue weighted by molar-refractivity contribution is -0.0715. The van der Waals surface area contributed by atoms with Gasteiger partial charge in [-0.05, 0) is 17.7 Å². The first-order valence-corrected chi connectivity index (χ1v) is 10.5. The second kappa shape index (κ2) is 10.4. The number of primary amides is 1. The van der Waals surface area contributed by atoms with E-state index < -0.39 is 47.7 Å². The Labute approximate surface area is 193 Å². The summed E-state index contributed by atoms with van der Waals surface area (Å²) in [6, 6.07) is 17.4. The molecular weight excluding hydrogens is 445 g/mol. The van der Waals surface area contributed by atoms with E-state index in [0.717, 1.165) is 16.3 Å². The number of benzene rings is 2. The Hall–Kier alpha value is -3.89. The summed E-state index contributed by atoms with van der Waals surface area (Å²) in [6.45, 7) is 0.115. The third kappa shape index (κ3) is 5.03. The molecule has 176 valence electrons. The van der Waals surface area contributed by atoms with Crippen molar-refractivity contribution < 1.29 is 28.2 Å². The predicted octanol–water partition coefficient (Wildman–Crippen LogP) is 2.02. The van der Waals surface area contributed by atoms with Crippen LogP contribution in [0, 0.1) is 0 Å². The number of ether oxygens (including phenoxy) is 3. The fraction of sp³-hybridized carbons (Fsp3) is 0.250. The van der Waals surface area contributed by atoms with Gasteiger partial charge >= 0.3 is 5.97 Å². The summed E-state index contributed by atoms with van der Waals surface area (Å²) in [5, 5.41) is 0. The number of hydrogen-bond donors (Lipinski definition) is 1. The number of amides is 1. The Morgan fingerprint density at radius 2 is 1.76 bits per heavy atom. The van der Waals surface area contributed by atoms with Gasteiger partial charge < -0.3 is 19.9 Å². The summed E-state index contributed by atoms with van der Waals surface area (Å²) in [4.78, 5) is 40.4. The Morgan fingerprint density at radius 3 is 2.44 bits per heavy atom. The summed E-state index contributed by atoms with van der Waals surface area (Å²) in [5.41, 5.74) is 4.84. The Bertz CT molecular complexity index is 1200. The van der Waals surface area contributed by atoms with Gasteiger partial charge in [-0.1, -0.05) is 48.5 Å². The lowest BCUT2D eigenvalue weighted by atomic mass is 10.1. The van der Waals surface area contributed by atoms with Crippen LogP contribution in [0.15, 0.2) is 77.9 Å². The minimum Gasteiger partial charge on any atom is -0.453 e. The van der Waals surface area contributed by atoms with Crippen molar-refractivity contribution in [2.45, 2.75) is 31.2 Å². The molecule has 34 heavy (non-hydrogen) atoms. The van der Waals surface area contributed by atoms with Crippen molar-refractivity contribution >= 4 is 11.9 Å². The number of alkyl halides is 1. The average Bonchev–Trinajstić information content (AvgIpc) is 3.15. The third-order valence-corrected chi connectivity index (χ3v) is 5.29. The van der Waals surface area contributed by atoms with Gasteiger partial charge in [0.1, 0.15) is 6.10 Å². The first-order valence-electron chi connectivity index (χ1n) is 10.5. The largest absolute Gasteiger partial charge is 0.453 e. The highest BCUT2D eigenvalue weighted by molar-refractivity contribution is 5.90. The quantitative estimate of drug-likeness (QED) is 0.503. The molecule has 1 aliphatic rings. The van der Waals surface area contributed by atoms with Gasteiger partial charge in [-0.3, -0.25) is 14.2 Å². The molecule has 0 unspecified atom stereocenters. The molecule has 0 spiro atoms. The molecule has 2 aromatic carbocycles. The lowest BCUT2D eigenvalue weighted by Gasteiger charge is -2.20. The standard InChI is InChI=1S/C24H22FN3O6/c25-18-20(34-24(31)16-9-5-2-6-10-16)17(14-32-13-15-7-3-1-4-8-15)33-23(18)28-12-11-27-19(21(26)29)22(28)30/h1-12,17-18,20,23H,13-14H2,(H2,26,29)/t17-,18+,20+,23-/m1/s1. The molecular formula is C24H22FN3O6. The number of carbonyl (C=O) groups is 2. The van der Waals surface area contributed by atoms with Crippen LogP contribution in [-0.2, 0) is 20.8 Å². The fourth-order valence-electron chi connectivity index (χ4n) is 3.62. The van der Waals surface area contributed by atoms with Crippen LogP contribution in [-0.4, -0.2) is 46.4 Å². The van der Waals surface area contributed by atoms with E-state index in [4.69, 9.17) is 19.9 Å². The van der Waals surface area contributed by atoms with Gasteiger partial charge in [0, 0.05) is 12.4 Å². The molecule has 0 radical (unpaired) electrons. The first-order chi connectivity index (χ1) is 16.5. The summed E-state index contributed by atoms with van der Waals surface area (Å²) >= 11 is 0. The number of hydrogen-bond acceptors (Lipinski definition) is 7. The molecule has 1 aromatic heterocycles. The van der Waals surface area contributed by atoms with Crippen molar-refractivity contribution in [2.24, 2.45) is 5.73 Å². The van der Waals surface area contributed by atoms with E-state index in [1.54, 1.807) is 18.2 Å². The van der Waals surface area contributed by atoms with E-state index in [-0.39, 0.29) is 18.8 Å². The summed E-state index contributed by atoms with van der Waals surface area (Å²) in [6.07, 6.45) is -3.48. The van der Waals surface area contributed by atoms with Crippen molar-refractivity contribution in [1.82, 2.24) is 9.55 Å². The Kier molecular flexibility index (Phi) is 7.09. The second-order valence-electron chi connectivity index (χ2n) is 7.60. The van der Waals surface area contributed by atoms with Crippen LogP contribution >= 0.6 is 0 Å². The maximum Gasteiger partial charge on any atom is 0.338 e. The summed E-state index contributed by atoms with van der Waals surface area (Å²) < 4.78 is 33.4. The molecule has 2 heterocycles. The molecule has 9 nitrogen and oxygen atoms in total. The fourth-order valence-corrected chi connectivity index (χ4v) is 3.62. The van der Waals surface area contributed by atoms with Crippen molar-refractivity contribution in [3.05, 3.63) is 100 Å². The minimum atomic E-state index is -1.93. The lowest BCUT2D eigenvalue weighted by Crippen LogP contribution is -2.38. The van der Waals surface area contributed by atoms with Crippen LogP contribution in [0.1, 0.15) is 32.6 Å². The summed E-state index contributed by atoms with van der Waals surface area (Å²) in [5.74, 6) is -1.80. The number of esters is 1. The van der Waals surface area contributed by atoms with Crippen LogP contribution < -0.4 is 11.3 Å². The zero-order valence-corrected chi connectivity index (χ0v) is 18.0. The Balaban J connectivity index is 1.56. The molecule has 10 heteroatoms. The van der Waals surface area contributed by atoms with Crippen LogP contribution in [0.3, 0.4) is 0 Å². The second-order valence-corrected chi connectivity index (χ2v) is 7.60. The molecule has 4 atom stereocenters. The normalized spacial score (nSPS) is 21.8. The number of rotatable bonds is 8. The molecule has 2 N–H and O–H groups in total. The molecule has 4 rings (SSSR count). The molecule has 1 fully saturated rings. The van der Waals surface area contributed by atoms with Gasteiger partial charge in [0.15, 0.2) is 24.2 Å². The van der Waals surface area contributed by atoms with Crippen LogP contribution in [0.4, 0.5) is 4.39 Å². The van der Waals surface area contributed by atoms with Gasteiger partial charge in [-0.2, -0.15) is 0 Å². The predicted molar refractivity (Wildman–Crippen MR) is 118 cm³/mol. The third-order valence-electron chi connectivity index (χ3n) is 5.29. The van der Waals surface area contributed by atoms with Gasteiger partial charge in [0.05, 0.1) is 18.8 Å². The van der Waals surface area contributed by atoms with Crippen molar-refractivity contribution in [1.29, 1.82) is 0 Å². The topological polar surface area (TPSA) is 123 Å². The zero-order valence-electron chi connectivity index (χ0n) is 18.0. The van der Waals surface area contributed by atoms with E-state index in [2.05, 4.69) is 4.98 Å². The molecule has 0 bridgehead atoms. The van der Waals surface area contributed by atoms with Gasteiger partial charge in [0.25, 0.3) is 11.5 Å².